The van der Waals surface area contributed by atoms with Crippen molar-refractivity contribution in [3.05, 3.63) is 54.5 Å². The van der Waals surface area contributed by atoms with Crippen LogP contribution in [0, 0.1) is 0 Å². The van der Waals surface area contributed by atoms with Gasteiger partial charge in [0.25, 0.3) is 0 Å². The van der Waals surface area contributed by atoms with Crippen LogP contribution in [-0.4, -0.2) is 21.0 Å². The maximum absolute atomic E-state index is 11.2. The lowest BCUT2D eigenvalue weighted by Gasteiger charge is -2.14. The van der Waals surface area contributed by atoms with Crippen molar-refractivity contribution in [2.45, 2.75) is 6.04 Å². The zero-order valence-electron chi connectivity index (χ0n) is 8.95. The van der Waals surface area contributed by atoms with Crippen LogP contribution in [-0.2, 0) is 4.79 Å². The van der Waals surface area contributed by atoms with Crippen molar-refractivity contribution in [2.75, 3.05) is 5.32 Å². The number of aromatic nitrogens is 2. The van der Waals surface area contributed by atoms with Crippen molar-refractivity contribution in [1.29, 1.82) is 0 Å². The largest absolute Gasteiger partial charge is 0.479 e. The SMILES string of the molecule is O=C(O)C(Nc1ccncn1)c1ccccc1. The minimum Gasteiger partial charge on any atom is -0.479 e. The first-order valence-corrected chi connectivity index (χ1v) is 5.07. The number of carbonyl (C=O) groups is 1. The maximum Gasteiger partial charge on any atom is 0.330 e. The van der Waals surface area contributed by atoms with Gasteiger partial charge in [0.2, 0.25) is 0 Å². The minimum atomic E-state index is -0.949. The van der Waals surface area contributed by atoms with Gasteiger partial charge in [-0.2, -0.15) is 0 Å². The first-order chi connectivity index (χ1) is 8.27. The molecule has 0 saturated carbocycles. The van der Waals surface area contributed by atoms with Gasteiger partial charge in [0.1, 0.15) is 12.1 Å². The predicted octanol–water partition coefficient (Wildman–Crippen LogP) is 1.71. The van der Waals surface area contributed by atoms with Crippen molar-refractivity contribution in [3.63, 3.8) is 0 Å². The highest BCUT2D eigenvalue weighted by Crippen LogP contribution is 2.17. The van der Waals surface area contributed by atoms with Gasteiger partial charge >= 0.3 is 5.97 Å². The van der Waals surface area contributed by atoms with Crippen LogP contribution in [0.15, 0.2) is 48.9 Å². The maximum atomic E-state index is 11.2. The number of nitrogens with zero attached hydrogens (tertiary/aromatic N) is 2. The number of hydrogen-bond acceptors (Lipinski definition) is 4. The normalized spacial score (nSPS) is 11.8. The van der Waals surface area contributed by atoms with Crippen LogP contribution in [0.2, 0.25) is 0 Å². The molecule has 17 heavy (non-hydrogen) atoms. The Labute approximate surface area is 98.2 Å². The second-order valence-corrected chi connectivity index (χ2v) is 3.42. The second-order valence-electron chi connectivity index (χ2n) is 3.42. The lowest BCUT2D eigenvalue weighted by Crippen LogP contribution is -2.20. The Hall–Kier alpha value is -2.43. The second kappa shape index (κ2) is 5.07. The first-order valence-electron chi connectivity index (χ1n) is 5.07. The van der Waals surface area contributed by atoms with Crippen molar-refractivity contribution in [2.24, 2.45) is 0 Å². The number of benzene rings is 1. The van der Waals surface area contributed by atoms with E-state index >= 15 is 0 Å². The van der Waals surface area contributed by atoms with E-state index in [-0.39, 0.29) is 0 Å². The fourth-order valence-corrected chi connectivity index (χ4v) is 1.46. The van der Waals surface area contributed by atoms with Gasteiger partial charge in [-0.05, 0) is 11.6 Å². The van der Waals surface area contributed by atoms with E-state index in [4.69, 9.17) is 0 Å². The van der Waals surface area contributed by atoms with Gasteiger partial charge < -0.3 is 10.4 Å². The molecule has 5 heteroatoms. The van der Waals surface area contributed by atoms with E-state index in [1.807, 2.05) is 6.07 Å². The summed E-state index contributed by atoms with van der Waals surface area (Å²) in [5.41, 5.74) is 0.679. The molecule has 0 aliphatic heterocycles. The van der Waals surface area contributed by atoms with Crippen LogP contribution in [0.5, 0.6) is 0 Å². The summed E-state index contributed by atoms with van der Waals surface area (Å²) in [6.07, 6.45) is 2.92. The van der Waals surface area contributed by atoms with Gasteiger partial charge in [0.15, 0.2) is 6.04 Å². The number of nitrogens with one attached hydrogen (secondary N) is 1. The van der Waals surface area contributed by atoms with E-state index in [2.05, 4.69) is 15.3 Å². The predicted molar refractivity (Wildman–Crippen MR) is 62.5 cm³/mol. The molecule has 0 amide bonds. The molecule has 0 bridgehead atoms. The summed E-state index contributed by atoms with van der Waals surface area (Å²) >= 11 is 0. The molecule has 1 aromatic heterocycles. The van der Waals surface area contributed by atoms with E-state index in [0.717, 1.165) is 0 Å². The molecule has 0 saturated heterocycles. The van der Waals surface area contributed by atoms with Gasteiger partial charge in [-0.15, -0.1) is 0 Å². The summed E-state index contributed by atoms with van der Waals surface area (Å²) in [4.78, 5) is 18.9. The van der Waals surface area contributed by atoms with E-state index < -0.39 is 12.0 Å². The quantitative estimate of drug-likeness (QED) is 0.834. The van der Waals surface area contributed by atoms with Crippen molar-refractivity contribution >= 4 is 11.8 Å². The Kier molecular flexibility index (Phi) is 3.30. The zero-order valence-corrected chi connectivity index (χ0v) is 8.95. The molecule has 1 unspecified atom stereocenters. The van der Waals surface area contributed by atoms with Crippen LogP contribution in [0.4, 0.5) is 5.82 Å². The highest BCUT2D eigenvalue weighted by atomic mass is 16.4. The van der Waals surface area contributed by atoms with Crippen LogP contribution < -0.4 is 5.32 Å². The molecule has 0 aliphatic rings. The number of hydrogen-bond donors (Lipinski definition) is 2. The number of anilines is 1. The third kappa shape index (κ3) is 2.78. The molecular weight excluding hydrogens is 218 g/mol. The van der Waals surface area contributed by atoms with Crippen molar-refractivity contribution in [3.8, 4) is 0 Å². The summed E-state index contributed by atoms with van der Waals surface area (Å²) in [6, 6.07) is 9.76. The highest BCUT2D eigenvalue weighted by Gasteiger charge is 2.19. The lowest BCUT2D eigenvalue weighted by atomic mass is 10.1. The number of rotatable bonds is 4. The van der Waals surface area contributed by atoms with Crippen molar-refractivity contribution in [1.82, 2.24) is 9.97 Å². The number of aliphatic carboxylic acids is 1. The Morgan fingerprint density at radius 1 is 1.24 bits per heavy atom. The Morgan fingerprint density at radius 2 is 2.00 bits per heavy atom. The van der Waals surface area contributed by atoms with Crippen LogP contribution in [0.1, 0.15) is 11.6 Å². The fourth-order valence-electron chi connectivity index (χ4n) is 1.46. The summed E-state index contributed by atoms with van der Waals surface area (Å²) in [5.74, 6) is -0.467. The zero-order chi connectivity index (χ0) is 12.1. The number of carboxylic acids is 1. The van der Waals surface area contributed by atoms with Gasteiger partial charge in [-0.1, -0.05) is 30.3 Å². The summed E-state index contributed by atoms with van der Waals surface area (Å²) in [6.45, 7) is 0. The summed E-state index contributed by atoms with van der Waals surface area (Å²) in [5, 5.41) is 12.0. The van der Waals surface area contributed by atoms with E-state index in [9.17, 15) is 9.90 Å². The molecule has 2 N–H and O–H groups in total. The molecular formula is C12H11N3O2. The molecule has 5 nitrogen and oxygen atoms in total. The topological polar surface area (TPSA) is 75.1 Å². The average Bonchev–Trinajstić information content (AvgIpc) is 2.38. The van der Waals surface area contributed by atoms with Crippen LogP contribution >= 0.6 is 0 Å². The monoisotopic (exact) mass is 229 g/mol. The van der Waals surface area contributed by atoms with Gasteiger partial charge in [0, 0.05) is 6.20 Å². The molecule has 0 radical (unpaired) electrons. The smallest absolute Gasteiger partial charge is 0.330 e. The van der Waals surface area contributed by atoms with Crippen LogP contribution in [0.3, 0.4) is 0 Å². The summed E-state index contributed by atoms with van der Waals surface area (Å²) < 4.78 is 0. The van der Waals surface area contributed by atoms with E-state index in [1.165, 1.54) is 6.33 Å². The Balaban J connectivity index is 2.23. The van der Waals surface area contributed by atoms with E-state index in [1.54, 1.807) is 36.5 Å². The Morgan fingerprint density at radius 3 is 2.59 bits per heavy atom. The standard InChI is InChI=1S/C12H11N3O2/c16-12(17)11(9-4-2-1-3-5-9)15-10-6-7-13-8-14-10/h1-8,11H,(H,16,17)(H,13,14,15). The number of carboxylic acid groups (broad SMARTS) is 1. The molecule has 86 valence electrons. The van der Waals surface area contributed by atoms with Crippen molar-refractivity contribution < 1.29 is 9.90 Å². The molecule has 0 aliphatic carbocycles. The first kappa shape index (κ1) is 11.1. The molecule has 2 aromatic rings. The fraction of sp³-hybridized carbons (Fsp3) is 0.0833. The van der Waals surface area contributed by atoms with Crippen LogP contribution in [0.25, 0.3) is 0 Å². The average molecular weight is 229 g/mol. The molecule has 1 heterocycles. The Bertz CT molecular complexity index is 488. The molecule has 1 atom stereocenters. The summed E-state index contributed by atoms with van der Waals surface area (Å²) in [7, 11) is 0. The third-order valence-corrected chi connectivity index (χ3v) is 2.25. The molecule has 0 fully saturated rings. The molecule has 0 spiro atoms. The molecule has 2 rings (SSSR count). The minimum absolute atomic E-state index is 0.483. The third-order valence-electron chi connectivity index (χ3n) is 2.25. The van der Waals surface area contributed by atoms with E-state index in [0.29, 0.717) is 11.4 Å². The van der Waals surface area contributed by atoms with Gasteiger partial charge in [-0.3, -0.25) is 0 Å². The highest BCUT2D eigenvalue weighted by molar-refractivity contribution is 5.78. The van der Waals surface area contributed by atoms with Gasteiger partial charge in [0.05, 0.1) is 0 Å². The molecule has 1 aromatic carbocycles. The lowest BCUT2D eigenvalue weighted by molar-refractivity contribution is -0.138. The van der Waals surface area contributed by atoms with Gasteiger partial charge in [-0.25, -0.2) is 14.8 Å².